The molecule has 0 aliphatic heterocycles. The number of halogens is 1. The minimum absolute atomic E-state index is 0.195. The van der Waals surface area contributed by atoms with Gasteiger partial charge in [-0.15, -0.1) is 0 Å². The lowest BCUT2D eigenvalue weighted by atomic mass is 10.1. The number of hydrogen-bond donors (Lipinski definition) is 1. The zero-order valence-electron chi connectivity index (χ0n) is 9.97. The summed E-state index contributed by atoms with van der Waals surface area (Å²) >= 11 is 5.81. The van der Waals surface area contributed by atoms with Crippen LogP contribution in [0.3, 0.4) is 0 Å². The SMILES string of the molecule is Oc1cccc2occ(COc3ccc(Cl)cc3)c12. The van der Waals surface area contributed by atoms with Gasteiger partial charge in [-0.05, 0) is 36.4 Å². The van der Waals surface area contributed by atoms with E-state index in [4.69, 9.17) is 20.8 Å². The Morgan fingerprint density at radius 1 is 1.11 bits per heavy atom. The second-order valence-corrected chi connectivity index (χ2v) is 4.59. The molecule has 0 aliphatic carbocycles. The van der Waals surface area contributed by atoms with Crippen LogP contribution in [0.5, 0.6) is 11.5 Å². The largest absolute Gasteiger partial charge is 0.507 e. The van der Waals surface area contributed by atoms with Crippen LogP contribution >= 0.6 is 11.6 Å². The highest BCUT2D eigenvalue weighted by Crippen LogP contribution is 2.30. The quantitative estimate of drug-likeness (QED) is 0.771. The average molecular weight is 275 g/mol. The van der Waals surface area contributed by atoms with Crippen LogP contribution in [0.15, 0.2) is 53.1 Å². The number of aromatic hydroxyl groups is 1. The van der Waals surface area contributed by atoms with E-state index in [0.29, 0.717) is 28.3 Å². The van der Waals surface area contributed by atoms with Crippen molar-refractivity contribution >= 4 is 22.6 Å². The Labute approximate surface area is 115 Å². The van der Waals surface area contributed by atoms with Crippen LogP contribution in [0, 0.1) is 0 Å². The zero-order valence-corrected chi connectivity index (χ0v) is 10.7. The Bertz CT molecular complexity index is 701. The normalized spacial score (nSPS) is 10.8. The molecule has 96 valence electrons. The molecule has 0 spiro atoms. The highest BCUT2D eigenvalue weighted by atomic mass is 35.5. The summed E-state index contributed by atoms with van der Waals surface area (Å²) in [6.45, 7) is 0.326. The van der Waals surface area contributed by atoms with Gasteiger partial charge in [-0.3, -0.25) is 0 Å². The van der Waals surface area contributed by atoms with Crippen molar-refractivity contribution in [1.82, 2.24) is 0 Å². The summed E-state index contributed by atoms with van der Waals surface area (Å²) in [6.07, 6.45) is 1.60. The summed E-state index contributed by atoms with van der Waals surface area (Å²) in [5, 5.41) is 11.2. The number of rotatable bonds is 3. The maximum atomic E-state index is 9.84. The lowest BCUT2D eigenvalue weighted by molar-refractivity contribution is 0.305. The van der Waals surface area contributed by atoms with Gasteiger partial charge in [-0.25, -0.2) is 0 Å². The second kappa shape index (κ2) is 4.86. The van der Waals surface area contributed by atoms with Crippen molar-refractivity contribution in [1.29, 1.82) is 0 Å². The summed E-state index contributed by atoms with van der Waals surface area (Å²) in [6, 6.07) is 12.3. The molecule has 1 aromatic heterocycles. The first-order valence-electron chi connectivity index (χ1n) is 5.80. The fourth-order valence-electron chi connectivity index (χ4n) is 1.93. The van der Waals surface area contributed by atoms with Crippen LogP contribution in [-0.2, 0) is 6.61 Å². The average Bonchev–Trinajstić information content (AvgIpc) is 2.83. The molecule has 3 aromatic rings. The van der Waals surface area contributed by atoms with Crippen LogP contribution in [0.1, 0.15) is 5.56 Å². The van der Waals surface area contributed by atoms with E-state index >= 15 is 0 Å². The van der Waals surface area contributed by atoms with Crippen LogP contribution in [0.4, 0.5) is 0 Å². The van der Waals surface area contributed by atoms with E-state index in [0.717, 1.165) is 5.56 Å². The molecule has 0 radical (unpaired) electrons. The maximum absolute atomic E-state index is 9.84. The van der Waals surface area contributed by atoms with Gasteiger partial charge in [0.05, 0.1) is 11.6 Å². The third kappa shape index (κ3) is 2.37. The fourth-order valence-corrected chi connectivity index (χ4v) is 2.06. The topological polar surface area (TPSA) is 42.6 Å². The maximum Gasteiger partial charge on any atom is 0.138 e. The lowest BCUT2D eigenvalue weighted by Gasteiger charge is -2.05. The van der Waals surface area contributed by atoms with E-state index in [1.165, 1.54) is 0 Å². The molecular weight excluding hydrogens is 264 g/mol. The van der Waals surface area contributed by atoms with Gasteiger partial charge in [0.25, 0.3) is 0 Å². The number of ether oxygens (including phenoxy) is 1. The molecule has 2 aromatic carbocycles. The molecule has 0 saturated heterocycles. The molecule has 3 nitrogen and oxygen atoms in total. The Kier molecular flexibility index (Phi) is 3.05. The summed E-state index contributed by atoms with van der Waals surface area (Å²) in [5.41, 5.74) is 1.46. The van der Waals surface area contributed by atoms with Gasteiger partial charge in [0.2, 0.25) is 0 Å². The monoisotopic (exact) mass is 274 g/mol. The van der Waals surface area contributed by atoms with Crippen molar-refractivity contribution in [2.45, 2.75) is 6.61 Å². The molecule has 1 N–H and O–H groups in total. The van der Waals surface area contributed by atoms with Gasteiger partial charge < -0.3 is 14.3 Å². The van der Waals surface area contributed by atoms with Crippen LogP contribution in [0.2, 0.25) is 5.02 Å². The first-order chi connectivity index (χ1) is 9.24. The van der Waals surface area contributed by atoms with Gasteiger partial charge >= 0.3 is 0 Å². The number of benzene rings is 2. The van der Waals surface area contributed by atoms with Crippen molar-refractivity contribution in [2.75, 3.05) is 0 Å². The predicted octanol–water partition coefficient (Wildman–Crippen LogP) is 4.37. The molecule has 4 heteroatoms. The number of hydrogen-bond acceptors (Lipinski definition) is 3. The molecule has 3 rings (SSSR count). The number of phenols is 1. The molecule has 0 aliphatic rings. The Hall–Kier alpha value is -2.13. The van der Waals surface area contributed by atoms with E-state index in [1.807, 2.05) is 0 Å². The van der Waals surface area contributed by atoms with E-state index < -0.39 is 0 Å². The molecule has 0 fully saturated rings. The minimum atomic E-state index is 0.195. The summed E-state index contributed by atoms with van der Waals surface area (Å²) in [5.74, 6) is 0.912. The number of fused-ring (bicyclic) bond motifs is 1. The van der Waals surface area contributed by atoms with Crippen molar-refractivity contribution in [3.8, 4) is 11.5 Å². The van der Waals surface area contributed by atoms with Crippen molar-refractivity contribution in [3.05, 3.63) is 59.3 Å². The van der Waals surface area contributed by atoms with Crippen LogP contribution in [-0.4, -0.2) is 5.11 Å². The first kappa shape index (κ1) is 11.9. The molecule has 0 bridgehead atoms. The first-order valence-corrected chi connectivity index (χ1v) is 6.18. The van der Waals surface area contributed by atoms with E-state index in [1.54, 1.807) is 48.7 Å². The van der Waals surface area contributed by atoms with Gasteiger partial charge in [-0.1, -0.05) is 17.7 Å². The Balaban J connectivity index is 1.84. The molecule has 0 amide bonds. The highest BCUT2D eigenvalue weighted by Gasteiger charge is 2.10. The zero-order chi connectivity index (χ0) is 13.2. The molecule has 19 heavy (non-hydrogen) atoms. The molecule has 1 heterocycles. The molecule has 0 atom stereocenters. The molecule has 0 unspecified atom stereocenters. The predicted molar refractivity (Wildman–Crippen MR) is 73.7 cm³/mol. The van der Waals surface area contributed by atoms with Crippen molar-refractivity contribution in [3.63, 3.8) is 0 Å². The van der Waals surface area contributed by atoms with E-state index in [9.17, 15) is 5.11 Å². The van der Waals surface area contributed by atoms with Crippen molar-refractivity contribution < 1.29 is 14.3 Å². The molecular formula is C15H11ClO3. The van der Waals surface area contributed by atoms with Gasteiger partial charge in [0.15, 0.2) is 0 Å². The number of phenolic OH excluding ortho intramolecular Hbond substituents is 1. The van der Waals surface area contributed by atoms with E-state index in [-0.39, 0.29) is 5.75 Å². The van der Waals surface area contributed by atoms with Crippen molar-refractivity contribution in [2.24, 2.45) is 0 Å². The van der Waals surface area contributed by atoms with Gasteiger partial charge in [0.1, 0.15) is 23.7 Å². The second-order valence-electron chi connectivity index (χ2n) is 4.15. The smallest absolute Gasteiger partial charge is 0.138 e. The van der Waals surface area contributed by atoms with E-state index in [2.05, 4.69) is 0 Å². The number of furan rings is 1. The Morgan fingerprint density at radius 3 is 2.68 bits per heavy atom. The lowest BCUT2D eigenvalue weighted by Crippen LogP contribution is -1.94. The highest BCUT2D eigenvalue weighted by molar-refractivity contribution is 6.30. The van der Waals surface area contributed by atoms with Crippen LogP contribution in [0.25, 0.3) is 11.0 Å². The third-order valence-electron chi connectivity index (χ3n) is 2.86. The Morgan fingerprint density at radius 2 is 1.89 bits per heavy atom. The third-order valence-corrected chi connectivity index (χ3v) is 3.11. The standard InChI is InChI=1S/C15H11ClO3/c16-11-4-6-12(7-5-11)18-8-10-9-19-14-3-1-2-13(17)15(10)14/h1-7,9,17H,8H2. The molecule has 0 saturated carbocycles. The summed E-state index contributed by atoms with van der Waals surface area (Å²) in [4.78, 5) is 0. The minimum Gasteiger partial charge on any atom is -0.507 e. The fraction of sp³-hybridized carbons (Fsp3) is 0.0667. The summed E-state index contributed by atoms with van der Waals surface area (Å²) < 4.78 is 11.0. The van der Waals surface area contributed by atoms with Gasteiger partial charge in [0, 0.05) is 10.6 Å². The van der Waals surface area contributed by atoms with Gasteiger partial charge in [-0.2, -0.15) is 0 Å². The summed E-state index contributed by atoms with van der Waals surface area (Å²) in [7, 11) is 0. The van der Waals surface area contributed by atoms with Crippen LogP contribution < -0.4 is 4.74 Å².